The molecule has 0 radical (unpaired) electrons. The summed E-state index contributed by atoms with van der Waals surface area (Å²) in [5.41, 5.74) is 1.43. The summed E-state index contributed by atoms with van der Waals surface area (Å²) in [5.74, 6) is 1.05. The molecule has 1 saturated carbocycles. The van der Waals surface area contributed by atoms with Crippen LogP contribution in [0.25, 0.3) is 0 Å². The Balaban J connectivity index is 1.71. The lowest BCUT2D eigenvalue weighted by molar-refractivity contribution is 0.217. The summed E-state index contributed by atoms with van der Waals surface area (Å²) < 4.78 is 29.4. The van der Waals surface area contributed by atoms with Crippen LogP contribution in [0.4, 0.5) is 0 Å². The Kier molecular flexibility index (Phi) is 6.40. The number of hydrogen-bond donors (Lipinski definition) is 0. The molecule has 1 heterocycles. The van der Waals surface area contributed by atoms with E-state index >= 15 is 0 Å². The Hall–Kier alpha value is -0.510. The third kappa shape index (κ3) is 5.86. The van der Waals surface area contributed by atoms with Crippen molar-refractivity contribution in [1.29, 1.82) is 0 Å². The topological polar surface area (TPSA) is 43.4 Å². The van der Waals surface area contributed by atoms with Crippen LogP contribution in [-0.4, -0.2) is 26.5 Å². The summed E-state index contributed by atoms with van der Waals surface area (Å²) in [6.07, 6.45) is 13.2. The molecule has 0 aromatic rings. The molecule has 2 rings (SSSR count). The molecular weight excluding hydrogens is 272 g/mol. The van der Waals surface area contributed by atoms with Crippen LogP contribution >= 0.6 is 0 Å². The van der Waals surface area contributed by atoms with Crippen LogP contribution in [0, 0.1) is 5.92 Å². The monoisotopic (exact) mass is 300 g/mol. The van der Waals surface area contributed by atoms with Crippen LogP contribution in [0.2, 0.25) is 0 Å². The van der Waals surface area contributed by atoms with Gasteiger partial charge in [-0.15, -0.1) is 0 Å². The molecule has 2 fully saturated rings. The third-order valence-electron chi connectivity index (χ3n) is 4.45. The molecule has 1 aliphatic heterocycles. The molecule has 0 aromatic carbocycles. The van der Waals surface area contributed by atoms with E-state index in [0.29, 0.717) is 24.0 Å². The van der Waals surface area contributed by atoms with Crippen LogP contribution in [0.5, 0.6) is 0 Å². The van der Waals surface area contributed by atoms with Crippen molar-refractivity contribution in [1.82, 2.24) is 0 Å². The maximum Gasteiger partial charge on any atom is 0.150 e. The summed E-state index contributed by atoms with van der Waals surface area (Å²) >= 11 is 0. The second kappa shape index (κ2) is 8.06. The quantitative estimate of drug-likeness (QED) is 0.585. The molecular formula is C16H28O3S. The molecule has 0 bridgehead atoms. The van der Waals surface area contributed by atoms with Crippen molar-refractivity contribution in [3.63, 3.8) is 0 Å². The first-order valence-electron chi connectivity index (χ1n) is 8.16. The average Bonchev–Trinajstić information content (AvgIpc) is 2.41. The van der Waals surface area contributed by atoms with Gasteiger partial charge in [0.15, 0.2) is 9.84 Å². The summed E-state index contributed by atoms with van der Waals surface area (Å²) in [5, 5.41) is 0. The van der Waals surface area contributed by atoms with Crippen molar-refractivity contribution < 1.29 is 13.2 Å². The first-order valence-corrected chi connectivity index (χ1v) is 9.98. The molecule has 3 nitrogen and oxygen atoms in total. The van der Waals surface area contributed by atoms with Gasteiger partial charge in [0.25, 0.3) is 0 Å². The van der Waals surface area contributed by atoms with E-state index in [1.807, 2.05) is 6.26 Å². The lowest BCUT2D eigenvalue weighted by Crippen LogP contribution is -2.22. The largest absolute Gasteiger partial charge is 0.501 e. The van der Waals surface area contributed by atoms with Crippen LogP contribution in [0.1, 0.15) is 64.2 Å². The second-order valence-electron chi connectivity index (χ2n) is 6.33. The van der Waals surface area contributed by atoms with Crippen molar-refractivity contribution >= 4 is 9.84 Å². The van der Waals surface area contributed by atoms with Gasteiger partial charge in [-0.05, 0) is 56.4 Å². The van der Waals surface area contributed by atoms with Gasteiger partial charge >= 0.3 is 0 Å². The number of hydrogen-bond acceptors (Lipinski definition) is 3. The Labute approximate surface area is 123 Å². The fourth-order valence-corrected chi connectivity index (χ4v) is 5.08. The Morgan fingerprint density at radius 2 is 1.80 bits per heavy atom. The van der Waals surface area contributed by atoms with Crippen molar-refractivity contribution in [3.8, 4) is 0 Å². The molecule has 1 atom stereocenters. The van der Waals surface area contributed by atoms with Gasteiger partial charge in [0.1, 0.15) is 0 Å². The van der Waals surface area contributed by atoms with E-state index in [1.165, 1.54) is 44.1 Å². The predicted molar refractivity (Wildman–Crippen MR) is 82.3 cm³/mol. The van der Waals surface area contributed by atoms with E-state index in [-0.39, 0.29) is 0 Å². The second-order valence-corrected chi connectivity index (χ2v) is 8.55. The van der Waals surface area contributed by atoms with Gasteiger partial charge in [-0.1, -0.05) is 19.3 Å². The highest BCUT2D eigenvalue weighted by atomic mass is 32.2. The molecule has 0 spiro atoms. The van der Waals surface area contributed by atoms with Gasteiger partial charge in [-0.25, -0.2) is 8.42 Å². The number of allylic oxidation sites excluding steroid dienone is 1. The zero-order valence-corrected chi connectivity index (χ0v) is 13.3. The molecule has 0 aromatic heterocycles. The Morgan fingerprint density at radius 1 is 1.05 bits per heavy atom. The Bertz CT molecular complexity index is 403. The zero-order valence-electron chi connectivity index (χ0n) is 12.5. The summed E-state index contributed by atoms with van der Waals surface area (Å²) in [6.45, 7) is 0.670. The molecule has 4 heteroatoms. The molecule has 116 valence electrons. The minimum Gasteiger partial charge on any atom is -0.501 e. The lowest BCUT2D eigenvalue weighted by Gasteiger charge is -2.20. The van der Waals surface area contributed by atoms with E-state index in [0.717, 1.165) is 25.7 Å². The van der Waals surface area contributed by atoms with E-state index in [2.05, 4.69) is 0 Å². The van der Waals surface area contributed by atoms with Crippen molar-refractivity contribution in [2.45, 2.75) is 64.2 Å². The molecule has 0 amide bonds. The highest BCUT2D eigenvalue weighted by molar-refractivity contribution is 7.91. The van der Waals surface area contributed by atoms with Gasteiger partial charge in [-0.3, -0.25) is 0 Å². The number of rotatable bonds is 4. The number of ether oxygens (including phenoxy) is 1. The standard InChI is InChI=1S/C16H28O3S/c17-20(18)12-6-2-5-9-16(14-20)10-11-19-13-15-7-3-1-4-8-15/h13,16H,1-12,14H2. The maximum atomic E-state index is 11.9. The van der Waals surface area contributed by atoms with Gasteiger partial charge in [0, 0.05) is 0 Å². The van der Waals surface area contributed by atoms with Crippen molar-refractivity contribution in [2.24, 2.45) is 5.92 Å². The minimum absolute atomic E-state index is 0.296. The van der Waals surface area contributed by atoms with Gasteiger partial charge in [0.2, 0.25) is 0 Å². The first-order chi connectivity index (χ1) is 9.66. The molecule has 1 saturated heterocycles. The van der Waals surface area contributed by atoms with Crippen LogP contribution < -0.4 is 0 Å². The molecule has 1 unspecified atom stereocenters. The van der Waals surface area contributed by atoms with Gasteiger partial charge in [0.05, 0.1) is 24.4 Å². The summed E-state index contributed by atoms with van der Waals surface area (Å²) in [7, 11) is -2.82. The smallest absolute Gasteiger partial charge is 0.150 e. The summed E-state index contributed by atoms with van der Waals surface area (Å²) in [6, 6.07) is 0. The first kappa shape index (κ1) is 15.9. The normalized spacial score (nSPS) is 27.4. The average molecular weight is 300 g/mol. The molecule has 2 aliphatic rings. The predicted octanol–water partition coefficient (Wildman–Crippen LogP) is 3.85. The summed E-state index contributed by atoms with van der Waals surface area (Å²) in [4.78, 5) is 0. The molecule has 20 heavy (non-hydrogen) atoms. The lowest BCUT2D eigenvalue weighted by atomic mass is 9.96. The third-order valence-corrected chi connectivity index (χ3v) is 6.34. The number of sulfone groups is 1. The molecule has 0 N–H and O–H groups in total. The van der Waals surface area contributed by atoms with E-state index < -0.39 is 9.84 Å². The van der Waals surface area contributed by atoms with Gasteiger partial charge in [-0.2, -0.15) is 0 Å². The highest BCUT2D eigenvalue weighted by Gasteiger charge is 2.21. The Morgan fingerprint density at radius 3 is 2.60 bits per heavy atom. The van der Waals surface area contributed by atoms with E-state index in [9.17, 15) is 8.42 Å². The molecule has 1 aliphatic carbocycles. The zero-order chi connectivity index (χ0) is 14.3. The van der Waals surface area contributed by atoms with Crippen molar-refractivity contribution in [2.75, 3.05) is 18.1 Å². The van der Waals surface area contributed by atoms with Crippen molar-refractivity contribution in [3.05, 3.63) is 11.8 Å². The maximum absolute atomic E-state index is 11.9. The van der Waals surface area contributed by atoms with Crippen LogP contribution in [0.15, 0.2) is 11.8 Å². The van der Waals surface area contributed by atoms with E-state index in [1.54, 1.807) is 0 Å². The van der Waals surface area contributed by atoms with Crippen LogP contribution in [0.3, 0.4) is 0 Å². The fraction of sp³-hybridized carbons (Fsp3) is 0.875. The van der Waals surface area contributed by atoms with Gasteiger partial charge < -0.3 is 4.74 Å². The van der Waals surface area contributed by atoms with E-state index in [4.69, 9.17) is 4.74 Å². The minimum atomic E-state index is -2.82. The SMILES string of the molecule is O=S1(=O)CCCCCC(CCOC=C2CCCCC2)C1. The highest BCUT2D eigenvalue weighted by Crippen LogP contribution is 2.23. The van der Waals surface area contributed by atoms with Crippen LogP contribution in [-0.2, 0) is 14.6 Å². The fourth-order valence-electron chi connectivity index (χ4n) is 3.22.